The van der Waals surface area contributed by atoms with Crippen LogP contribution < -0.4 is 28.4 Å². The molecule has 0 aromatic heterocycles. The van der Waals surface area contributed by atoms with Crippen molar-refractivity contribution in [2.45, 2.75) is 224 Å². The third-order valence-corrected chi connectivity index (χ3v) is 21.5. The number of hydrogen-bond acceptors (Lipinski definition) is 25. The van der Waals surface area contributed by atoms with Crippen molar-refractivity contribution in [1.29, 1.82) is 0 Å². The number of carbonyl (C=O) groups is 5. The van der Waals surface area contributed by atoms with Crippen LogP contribution in [0, 0.1) is 0 Å². The summed E-state index contributed by atoms with van der Waals surface area (Å²) in [4.78, 5) is 66.8. The monoisotopic (exact) mass is 1570 g/mol. The van der Waals surface area contributed by atoms with Crippen molar-refractivity contribution in [3.63, 3.8) is 0 Å². The fourth-order valence-electron chi connectivity index (χ4n) is 15.8. The van der Waals surface area contributed by atoms with Gasteiger partial charge in [0.15, 0.2) is 41.1 Å². The summed E-state index contributed by atoms with van der Waals surface area (Å²) in [5.74, 6) is 1.43. The number of esters is 3. The van der Waals surface area contributed by atoms with Crippen LogP contribution in [0.15, 0.2) is 54.6 Å². The molecule has 8 fully saturated rings. The molecule has 27 nitrogen and oxygen atoms in total. The minimum atomic E-state index is -0.954. The number of rotatable bonds is 32. The van der Waals surface area contributed by atoms with Gasteiger partial charge in [-0.1, -0.05) is 84.4 Å². The van der Waals surface area contributed by atoms with Crippen molar-refractivity contribution in [1.82, 2.24) is 24.5 Å². The zero-order valence-electron chi connectivity index (χ0n) is 65.0. The first-order valence-corrected chi connectivity index (χ1v) is 39.7. The van der Waals surface area contributed by atoms with Gasteiger partial charge in [-0.2, -0.15) is 0 Å². The smallest absolute Gasteiger partial charge is 0.344 e. The lowest BCUT2D eigenvalue weighted by Crippen LogP contribution is -2.46. The number of likely N-dealkylation sites (tertiary alicyclic amines) is 5. The van der Waals surface area contributed by atoms with E-state index in [2.05, 4.69) is 30.2 Å². The Morgan fingerprint density at radius 2 is 0.773 bits per heavy atom. The molecule has 0 amide bonds. The van der Waals surface area contributed by atoms with E-state index in [1.807, 2.05) is 62.9 Å². The molecule has 1 unspecified atom stereocenters. The van der Waals surface area contributed by atoms with Crippen molar-refractivity contribution in [3.05, 3.63) is 71.3 Å². The van der Waals surface area contributed by atoms with E-state index in [0.717, 1.165) is 201 Å². The first kappa shape index (κ1) is 94.4. The molecule has 8 aliphatic rings. The van der Waals surface area contributed by atoms with Gasteiger partial charge in [0.05, 0.1) is 100.0 Å². The van der Waals surface area contributed by atoms with Crippen LogP contribution >= 0.6 is 9.47 Å². The number of hydrogen-bond donors (Lipinski definition) is 4. The zero-order valence-corrected chi connectivity index (χ0v) is 66.2. The Morgan fingerprint density at radius 1 is 0.409 bits per heavy atom. The van der Waals surface area contributed by atoms with Gasteiger partial charge in [-0.15, -0.1) is 0 Å². The largest absolute Gasteiger partial charge is 0.493 e. The average Bonchev–Trinajstić information content (AvgIpc) is 1.72. The van der Waals surface area contributed by atoms with Gasteiger partial charge < -0.3 is 81.8 Å². The minimum absolute atomic E-state index is 0. The predicted molar refractivity (Wildman–Crippen MR) is 423 cm³/mol. The van der Waals surface area contributed by atoms with E-state index in [0.29, 0.717) is 50.6 Å². The standard InChI is InChI=1S/C29H44N2O7.C22H33NO6.C20H31NO4.C7H13NO2.C2H5O3P.2CH4/c1-34-26-11-10-22(18-27(26)35-2)13-17-36-25-9-5-4-8-24(25)31-16-12-23(19-31)38-29(33)21-37-28(32)20-30-14-6-3-7-15-30;1-26-20-8-7-16(13-21(20)27-2)10-12-28-19-6-4-3-5-18(19)23-11-9-17(14-23)29-22(25)15-24;1-23-19-8-7-15(13-20(19)24-2)10-12-25-18-6-4-3-5-17(18)21-11-9-16(22)14-21;9-7(10)6-8-4-2-1-3-5-8;3-2(4)1-5-6;;/h10-11,18,23-25H,3-9,12-17,19-21H2,1-2H3;7-8,13,17-19,24H,3-6,9-12,14-15H2,1-2H3;7-8,13,16-18,22H,3-6,9-12,14H2,1-2H3;1-6H2,(H,9,10);1,6H2,(H,3,4);2*1H4/t23-,24-,25-;17-,18-,19-;16-,17-,18-;;;;/m111..../s1. The molecule has 3 aromatic carbocycles. The molecule has 0 radical (unpaired) electrons. The van der Waals surface area contributed by atoms with Crippen molar-refractivity contribution < 1.29 is 106 Å². The molecule has 110 heavy (non-hydrogen) atoms. The molecule has 3 aliphatic carbocycles. The Hall–Kier alpha value is -6.20. The summed E-state index contributed by atoms with van der Waals surface area (Å²) in [6, 6.07) is 19.2. The molecular formula is C82H134N5O22P. The van der Waals surface area contributed by atoms with Crippen LogP contribution in [-0.2, 0) is 76.2 Å². The van der Waals surface area contributed by atoms with E-state index in [1.165, 1.54) is 63.4 Å². The summed E-state index contributed by atoms with van der Waals surface area (Å²) in [7, 11) is 11.7. The maximum atomic E-state index is 12.3. The summed E-state index contributed by atoms with van der Waals surface area (Å²) in [6.07, 6.45) is 26.1. The Bertz CT molecular complexity index is 3110. The van der Waals surface area contributed by atoms with Gasteiger partial charge in [-0.25, -0.2) is 14.4 Å². The fraction of sp³-hybridized carbons (Fsp3) is 0.720. The normalized spacial score (nSPS) is 23.7. The highest BCUT2D eigenvalue weighted by Gasteiger charge is 2.39. The highest BCUT2D eigenvalue weighted by atomic mass is 31.0. The molecule has 3 aromatic rings. The first-order valence-electron chi connectivity index (χ1n) is 39.2. The number of aliphatic carboxylic acids is 2. The van der Waals surface area contributed by atoms with Crippen molar-refractivity contribution >= 4 is 39.3 Å². The van der Waals surface area contributed by atoms with Crippen LogP contribution in [0.25, 0.3) is 0 Å². The number of aliphatic hydroxyl groups excluding tert-OH is 2. The second-order valence-corrected chi connectivity index (χ2v) is 29.3. The number of methoxy groups -OCH3 is 6. The van der Waals surface area contributed by atoms with Gasteiger partial charge >= 0.3 is 29.8 Å². The number of benzene rings is 3. The van der Waals surface area contributed by atoms with Gasteiger partial charge in [0.1, 0.15) is 25.4 Å². The Morgan fingerprint density at radius 3 is 1.11 bits per heavy atom. The SMILES string of the molecule is C.C.COc1ccc(CCO[C@@H]2CCCC[C@H]2N2CC[C@@H](O)C2)cc1OC.COc1ccc(CCO[C@@H]2CCCC[C@H]2N2CC[C@@H](OC(=O)CO)C2)cc1OC.COc1ccc(CCO[C@@H]2CCCC[C@H]2N2CC[C@@H](OC(=O)COC(=O)CN3CCCCC3)C2)cc1OC.O=C(O)CN1CCCCC1.O=C(O)COP. The molecule has 3 saturated carbocycles. The zero-order chi connectivity index (χ0) is 77.4. The summed E-state index contributed by atoms with van der Waals surface area (Å²) >= 11 is 0. The quantitative estimate of drug-likeness (QED) is 0.0257. The van der Waals surface area contributed by atoms with Crippen LogP contribution in [0.4, 0.5) is 0 Å². The van der Waals surface area contributed by atoms with Gasteiger partial charge in [0.25, 0.3) is 0 Å². The van der Waals surface area contributed by atoms with E-state index in [1.54, 1.807) is 42.7 Å². The second kappa shape index (κ2) is 53.0. The molecule has 28 heteroatoms. The van der Waals surface area contributed by atoms with Crippen molar-refractivity contribution in [2.24, 2.45) is 0 Å². The molecule has 5 aliphatic heterocycles. The molecular weight excluding hydrogens is 1440 g/mol. The highest BCUT2D eigenvalue weighted by molar-refractivity contribution is 7.09. The lowest BCUT2D eigenvalue weighted by Gasteiger charge is -2.37. The van der Waals surface area contributed by atoms with E-state index < -0.39 is 30.5 Å². The lowest BCUT2D eigenvalue weighted by molar-refractivity contribution is -0.162. The number of piperidine rings is 2. The van der Waals surface area contributed by atoms with Crippen molar-refractivity contribution in [2.75, 3.05) is 161 Å². The minimum Gasteiger partial charge on any atom is -0.493 e. The summed E-state index contributed by atoms with van der Waals surface area (Å²) in [5.41, 5.74) is 3.51. The highest BCUT2D eigenvalue weighted by Crippen LogP contribution is 2.35. The first-order chi connectivity index (χ1) is 52.5. The number of β-amino-alcohol motifs (C(OH)–C–C–N with tert-alkyl or cyclic N) is 1. The van der Waals surface area contributed by atoms with E-state index in [-0.39, 0.29) is 77.6 Å². The summed E-state index contributed by atoms with van der Waals surface area (Å²) < 4.78 is 71.3. The number of carboxylic acids is 2. The Balaban J connectivity index is 0.000000269. The molecule has 5 heterocycles. The van der Waals surface area contributed by atoms with Crippen LogP contribution in [-0.4, -0.2) is 290 Å². The topological polar surface area (TPSA) is 302 Å². The number of carbonyl (C=O) groups excluding carboxylic acids is 3. The van der Waals surface area contributed by atoms with Crippen LogP contribution in [0.5, 0.6) is 34.5 Å². The van der Waals surface area contributed by atoms with E-state index in [4.69, 9.17) is 72.2 Å². The van der Waals surface area contributed by atoms with Crippen LogP contribution in [0.3, 0.4) is 0 Å². The number of ether oxygens (including phenoxy) is 12. The summed E-state index contributed by atoms with van der Waals surface area (Å²) in [6.45, 7) is 10.2. The second-order valence-electron chi connectivity index (χ2n) is 28.9. The van der Waals surface area contributed by atoms with Crippen LogP contribution in [0.2, 0.25) is 0 Å². The molecule has 11 rings (SSSR count). The van der Waals surface area contributed by atoms with E-state index >= 15 is 0 Å². The van der Waals surface area contributed by atoms with Gasteiger partial charge in [-0.3, -0.25) is 34.1 Å². The Kier molecular flexibility index (Phi) is 45.5. The van der Waals surface area contributed by atoms with Gasteiger partial charge in [0.2, 0.25) is 0 Å². The van der Waals surface area contributed by atoms with Crippen LogP contribution in [0.1, 0.15) is 166 Å². The lowest BCUT2D eigenvalue weighted by atomic mass is 9.91. The molecule has 624 valence electrons. The van der Waals surface area contributed by atoms with Crippen molar-refractivity contribution in [3.8, 4) is 34.5 Å². The third-order valence-electron chi connectivity index (χ3n) is 21.4. The fourth-order valence-corrected chi connectivity index (χ4v) is 16.0. The maximum Gasteiger partial charge on any atom is 0.344 e. The van der Waals surface area contributed by atoms with Gasteiger partial charge in [0, 0.05) is 66.9 Å². The number of aliphatic hydroxyl groups is 2. The molecule has 5 saturated heterocycles. The predicted octanol–water partition coefficient (Wildman–Crippen LogP) is 9.75. The number of carboxylic acid groups (broad SMARTS) is 2. The Labute approximate surface area is 657 Å². The summed E-state index contributed by atoms with van der Waals surface area (Å²) in [5, 5.41) is 34.9. The molecule has 4 N–H and O–H groups in total. The third kappa shape index (κ3) is 33.1. The molecule has 10 atom stereocenters. The molecule has 0 spiro atoms. The average molecular weight is 1570 g/mol. The van der Waals surface area contributed by atoms with Gasteiger partial charge in [-0.05, 0) is 182 Å². The number of nitrogens with zero attached hydrogens (tertiary/aromatic N) is 5. The van der Waals surface area contributed by atoms with E-state index in [9.17, 15) is 29.1 Å². The molecule has 0 bridgehead atoms. The maximum absolute atomic E-state index is 12.3.